The number of benzene rings is 2. The van der Waals surface area contributed by atoms with Crippen molar-refractivity contribution in [1.29, 1.82) is 0 Å². The molecule has 0 spiro atoms. The van der Waals surface area contributed by atoms with Crippen LogP contribution in [0.1, 0.15) is 28.4 Å². The first-order chi connectivity index (χ1) is 12.0. The second kappa shape index (κ2) is 8.49. The Morgan fingerprint density at radius 2 is 1.88 bits per heavy atom. The highest BCUT2D eigenvalue weighted by Crippen LogP contribution is 2.28. The average molecular weight is 341 g/mol. The van der Waals surface area contributed by atoms with Crippen molar-refractivity contribution in [3.63, 3.8) is 0 Å². The van der Waals surface area contributed by atoms with Crippen molar-refractivity contribution in [2.75, 3.05) is 7.11 Å². The van der Waals surface area contributed by atoms with Gasteiger partial charge in [0.1, 0.15) is 6.61 Å². The van der Waals surface area contributed by atoms with Crippen molar-refractivity contribution in [3.8, 4) is 11.5 Å². The van der Waals surface area contributed by atoms with Gasteiger partial charge in [-0.1, -0.05) is 24.3 Å². The summed E-state index contributed by atoms with van der Waals surface area (Å²) < 4.78 is 11.0. The number of methoxy groups -OCH3 is 1. The summed E-state index contributed by atoms with van der Waals surface area (Å²) in [5, 5.41) is 14.5. The van der Waals surface area contributed by atoms with Crippen LogP contribution >= 0.6 is 0 Å². The SMILES string of the molecule is COc1cc(/C=N\NC(C)=O)ccc1OCc1ccc(C(=O)[O-])cc1. The maximum atomic E-state index is 10.8. The Hall–Kier alpha value is -3.35. The van der Waals surface area contributed by atoms with Crippen LogP contribution in [0.15, 0.2) is 47.6 Å². The van der Waals surface area contributed by atoms with Gasteiger partial charge in [-0.15, -0.1) is 0 Å². The highest BCUT2D eigenvalue weighted by atomic mass is 16.5. The zero-order chi connectivity index (χ0) is 18.2. The molecule has 7 nitrogen and oxygen atoms in total. The maximum Gasteiger partial charge on any atom is 0.236 e. The predicted octanol–water partition coefficient (Wildman–Crippen LogP) is 1.11. The van der Waals surface area contributed by atoms with E-state index in [1.165, 1.54) is 32.4 Å². The molecule has 0 aromatic heterocycles. The number of amides is 1. The van der Waals surface area contributed by atoms with Crippen LogP contribution < -0.4 is 20.0 Å². The van der Waals surface area contributed by atoms with Gasteiger partial charge in [0, 0.05) is 6.92 Å². The van der Waals surface area contributed by atoms with Crippen molar-refractivity contribution in [1.82, 2.24) is 5.43 Å². The fraction of sp³-hybridized carbons (Fsp3) is 0.167. The monoisotopic (exact) mass is 341 g/mol. The van der Waals surface area contributed by atoms with Gasteiger partial charge in [0.05, 0.1) is 19.3 Å². The van der Waals surface area contributed by atoms with Gasteiger partial charge >= 0.3 is 0 Å². The number of carboxylic acids is 1. The molecular formula is C18H17N2O5-. The molecular weight excluding hydrogens is 324 g/mol. The van der Waals surface area contributed by atoms with E-state index in [9.17, 15) is 14.7 Å². The number of ether oxygens (including phenoxy) is 2. The minimum absolute atomic E-state index is 0.115. The molecule has 2 aromatic carbocycles. The summed E-state index contributed by atoms with van der Waals surface area (Å²) in [7, 11) is 1.52. The lowest BCUT2D eigenvalue weighted by atomic mass is 10.1. The van der Waals surface area contributed by atoms with Gasteiger partial charge in [-0.25, -0.2) is 5.43 Å². The third-order valence-electron chi connectivity index (χ3n) is 3.21. The molecule has 2 aromatic rings. The van der Waals surface area contributed by atoms with E-state index in [0.29, 0.717) is 11.5 Å². The van der Waals surface area contributed by atoms with Gasteiger partial charge in [0.25, 0.3) is 0 Å². The number of nitrogens with one attached hydrogen (secondary N) is 1. The van der Waals surface area contributed by atoms with E-state index >= 15 is 0 Å². The molecule has 0 heterocycles. The average Bonchev–Trinajstić information content (AvgIpc) is 2.60. The third kappa shape index (κ3) is 5.35. The van der Waals surface area contributed by atoms with Gasteiger partial charge < -0.3 is 19.4 Å². The van der Waals surface area contributed by atoms with Crippen LogP contribution in [0, 0.1) is 0 Å². The summed E-state index contributed by atoms with van der Waals surface area (Å²) in [5.41, 5.74) is 3.97. The number of nitrogens with zero attached hydrogens (tertiary/aromatic N) is 1. The Bertz CT molecular complexity index is 785. The molecule has 1 N–H and O–H groups in total. The Morgan fingerprint density at radius 1 is 1.16 bits per heavy atom. The van der Waals surface area contributed by atoms with Crippen molar-refractivity contribution in [2.45, 2.75) is 13.5 Å². The highest BCUT2D eigenvalue weighted by Gasteiger charge is 2.06. The van der Waals surface area contributed by atoms with Gasteiger partial charge in [0.2, 0.25) is 5.91 Å². The van der Waals surface area contributed by atoms with E-state index in [4.69, 9.17) is 9.47 Å². The molecule has 25 heavy (non-hydrogen) atoms. The normalized spacial score (nSPS) is 10.5. The molecule has 0 aliphatic heterocycles. The molecule has 2 rings (SSSR count). The minimum Gasteiger partial charge on any atom is -0.545 e. The molecule has 7 heteroatoms. The second-order valence-corrected chi connectivity index (χ2v) is 5.11. The third-order valence-corrected chi connectivity index (χ3v) is 3.21. The number of hydrazone groups is 1. The van der Waals surface area contributed by atoms with Crippen LogP contribution in [0.25, 0.3) is 0 Å². The molecule has 130 valence electrons. The van der Waals surface area contributed by atoms with E-state index in [-0.39, 0.29) is 18.1 Å². The quantitative estimate of drug-likeness (QED) is 0.600. The standard InChI is InChI=1S/C18H18N2O5/c1-12(21)20-19-10-14-5-8-16(17(9-14)24-2)25-11-13-3-6-15(7-4-13)18(22)23/h3-10H,11H2,1-2H3,(H,20,21)(H,22,23)/p-1/b19-10-. The van der Waals surface area contributed by atoms with Gasteiger partial charge in [-0.2, -0.15) is 5.10 Å². The Kier molecular flexibility index (Phi) is 6.11. The number of rotatable bonds is 7. The zero-order valence-corrected chi connectivity index (χ0v) is 13.8. The number of carbonyl (C=O) groups excluding carboxylic acids is 2. The van der Waals surface area contributed by atoms with Gasteiger partial charge in [0.15, 0.2) is 11.5 Å². The lowest BCUT2D eigenvalue weighted by Gasteiger charge is -2.12. The first-order valence-electron chi connectivity index (χ1n) is 7.40. The summed E-state index contributed by atoms with van der Waals surface area (Å²) >= 11 is 0. The molecule has 0 saturated heterocycles. The van der Waals surface area contributed by atoms with Crippen LogP contribution in [-0.4, -0.2) is 25.2 Å². The largest absolute Gasteiger partial charge is 0.545 e. The molecule has 0 bridgehead atoms. The topological polar surface area (TPSA) is 100 Å². The summed E-state index contributed by atoms with van der Waals surface area (Å²) in [6.07, 6.45) is 1.49. The molecule has 0 atom stereocenters. The van der Waals surface area contributed by atoms with Crippen molar-refractivity contribution < 1.29 is 24.2 Å². The number of carbonyl (C=O) groups is 2. The van der Waals surface area contributed by atoms with Gasteiger partial charge in [-0.05, 0) is 34.9 Å². The van der Waals surface area contributed by atoms with E-state index in [1.807, 2.05) is 0 Å². The number of aromatic carboxylic acids is 1. The molecule has 0 saturated carbocycles. The first kappa shape index (κ1) is 18.0. The highest BCUT2D eigenvalue weighted by molar-refractivity contribution is 5.85. The lowest BCUT2D eigenvalue weighted by molar-refractivity contribution is -0.255. The summed E-state index contributed by atoms with van der Waals surface area (Å²) in [5.74, 6) is -0.431. The maximum absolute atomic E-state index is 10.8. The fourth-order valence-corrected chi connectivity index (χ4v) is 1.98. The minimum atomic E-state index is -1.22. The molecule has 0 fully saturated rings. The number of hydrogen-bond acceptors (Lipinski definition) is 6. The van der Waals surface area contributed by atoms with Crippen LogP contribution in [0.2, 0.25) is 0 Å². The number of carboxylic acid groups (broad SMARTS) is 1. The van der Waals surface area contributed by atoms with E-state index in [2.05, 4.69) is 10.5 Å². The Balaban J connectivity index is 2.04. The molecule has 0 unspecified atom stereocenters. The van der Waals surface area contributed by atoms with Crippen LogP contribution in [0.3, 0.4) is 0 Å². The van der Waals surface area contributed by atoms with Crippen LogP contribution in [0.5, 0.6) is 11.5 Å². The van der Waals surface area contributed by atoms with Gasteiger partial charge in [-0.3, -0.25) is 4.79 Å². The van der Waals surface area contributed by atoms with E-state index in [0.717, 1.165) is 11.1 Å². The van der Waals surface area contributed by atoms with Crippen LogP contribution in [0.4, 0.5) is 0 Å². The predicted molar refractivity (Wildman–Crippen MR) is 89.5 cm³/mol. The van der Waals surface area contributed by atoms with E-state index < -0.39 is 5.97 Å². The van der Waals surface area contributed by atoms with Crippen molar-refractivity contribution in [2.24, 2.45) is 5.10 Å². The molecule has 1 amide bonds. The second-order valence-electron chi connectivity index (χ2n) is 5.11. The lowest BCUT2D eigenvalue weighted by Crippen LogP contribution is -2.22. The summed E-state index contributed by atoms with van der Waals surface area (Å²) in [4.78, 5) is 21.5. The molecule has 0 radical (unpaired) electrons. The van der Waals surface area contributed by atoms with Crippen LogP contribution in [-0.2, 0) is 11.4 Å². The number of hydrogen-bond donors (Lipinski definition) is 1. The smallest absolute Gasteiger partial charge is 0.236 e. The molecule has 0 aliphatic rings. The Labute approximate surface area is 144 Å². The fourth-order valence-electron chi connectivity index (χ4n) is 1.98. The van der Waals surface area contributed by atoms with Crippen molar-refractivity contribution in [3.05, 3.63) is 59.2 Å². The first-order valence-corrected chi connectivity index (χ1v) is 7.40. The van der Waals surface area contributed by atoms with Crippen molar-refractivity contribution >= 4 is 18.1 Å². The summed E-state index contributed by atoms with van der Waals surface area (Å²) in [6, 6.07) is 11.5. The zero-order valence-electron chi connectivity index (χ0n) is 13.8. The van der Waals surface area contributed by atoms with E-state index in [1.54, 1.807) is 30.3 Å². The summed E-state index contributed by atoms with van der Waals surface area (Å²) in [6.45, 7) is 1.62. The molecule has 0 aliphatic carbocycles. The Morgan fingerprint density at radius 3 is 2.48 bits per heavy atom.